The van der Waals surface area contributed by atoms with Gasteiger partial charge in [0.1, 0.15) is 11.6 Å². The summed E-state index contributed by atoms with van der Waals surface area (Å²) in [7, 11) is 0. The first-order valence-electron chi connectivity index (χ1n) is 11.7. The Morgan fingerprint density at radius 1 is 0.857 bits per heavy atom. The van der Waals surface area contributed by atoms with Gasteiger partial charge >= 0.3 is 0 Å². The monoisotopic (exact) mass is 394 g/mol. The van der Waals surface area contributed by atoms with Gasteiger partial charge < -0.3 is 9.84 Å². The van der Waals surface area contributed by atoms with Crippen molar-refractivity contribution < 1.29 is 14.2 Å². The Morgan fingerprint density at radius 2 is 1.50 bits per heavy atom. The predicted molar refractivity (Wildman–Crippen MR) is 118 cm³/mol. The van der Waals surface area contributed by atoms with E-state index >= 15 is 0 Å². The van der Waals surface area contributed by atoms with Crippen LogP contribution in [-0.2, 0) is 0 Å². The van der Waals surface area contributed by atoms with Crippen LogP contribution in [0.5, 0.6) is 5.75 Å². The van der Waals surface area contributed by atoms with Crippen molar-refractivity contribution >= 4 is 0 Å². The van der Waals surface area contributed by atoms with Crippen molar-refractivity contribution in [3.63, 3.8) is 0 Å². The molecule has 0 saturated carbocycles. The minimum absolute atomic E-state index is 0.109. The fraction of sp³-hybridized carbons (Fsp3) is 0.760. The second kappa shape index (κ2) is 15.8. The Balaban J connectivity index is 2.30. The molecule has 3 heteroatoms. The second-order valence-corrected chi connectivity index (χ2v) is 8.28. The first-order valence-corrected chi connectivity index (χ1v) is 11.7. The molecule has 0 bridgehead atoms. The minimum atomic E-state index is -0.262. The highest BCUT2D eigenvalue weighted by molar-refractivity contribution is 5.30. The summed E-state index contributed by atoms with van der Waals surface area (Å²) >= 11 is 0. The van der Waals surface area contributed by atoms with Crippen molar-refractivity contribution in [2.45, 2.75) is 116 Å². The van der Waals surface area contributed by atoms with E-state index in [4.69, 9.17) is 4.74 Å². The van der Waals surface area contributed by atoms with E-state index in [1.54, 1.807) is 0 Å². The Labute approximate surface area is 172 Å². The lowest BCUT2D eigenvalue weighted by molar-refractivity contribution is 0.146. The molecule has 0 aliphatic heterocycles. The fourth-order valence-electron chi connectivity index (χ4n) is 3.62. The van der Waals surface area contributed by atoms with Crippen LogP contribution in [0.2, 0.25) is 0 Å². The maximum Gasteiger partial charge on any atom is 0.130 e. The number of aliphatic hydroxyl groups excluding tert-OH is 1. The molecule has 2 atom stereocenters. The summed E-state index contributed by atoms with van der Waals surface area (Å²) in [6.45, 7) is 7.11. The Hall–Kier alpha value is -1.09. The van der Waals surface area contributed by atoms with Gasteiger partial charge in [-0.05, 0) is 43.2 Å². The molecule has 0 aliphatic carbocycles. The van der Waals surface area contributed by atoms with Crippen LogP contribution < -0.4 is 4.74 Å². The fourth-order valence-corrected chi connectivity index (χ4v) is 3.62. The van der Waals surface area contributed by atoms with Gasteiger partial charge in [-0.1, -0.05) is 84.6 Å². The largest absolute Gasteiger partial charge is 0.493 e. The van der Waals surface area contributed by atoms with Gasteiger partial charge in [0.25, 0.3) is 0 Å². The number of benzene rings is 1. The zero-order valence-electron chi connectivity index (χ0n) is 18.5. The highest BCUT2D eigenvalue weighted by Crippen LogP contribution is 2.27. The van der Waals surface area contributed by atoms with E-state index in [2.05, 4.69) is 13.8 Å². The average molecular weight is 395 g/mol. The third-order valence-electron chi connectivity index (χ3n) is 5.59. The zero-order valence-corrected chi connectivity index (χ0v) is 18.5. The molecule has 0 amide bonds. The summed E-state index contributed by atoms with van der Waals surface area (Å²) in [6.07, 6.45) is 14.2. The van der Waals surface area contributed by atoms with Crippen LogP contribution in [0.1, 0.15) is 116 Å². The van der Waals surface area contributed by atoms with Gasteiger partial charge in [0.2, 0.25) is 0 Å². The summed E-state index contributed by atoms with van der Waals surface area (Å²) < 4.78 is 20.2. The van der Waals surface area contributed by atoms with E-state index in [0.717, 1.165) is 37.7 Å². The normalized spacial score (nSPS) is 13.5. The Morgan fingerprint density at radius 3 is 2.14 bits per heavy atom. The van der Waals surface area contributed by atoms with Gasteiger partial charge in [-0.2, -0.15) is 0 Å². The summed E-state index contributed by atoms with van der Waals surface area (Å²) in [5, 5.41) is 10.2. The van der Waals surface area contributed by atoms with E-state index in [-0.39, 0.29) is 17.8 Å². The first kappa shape index (κ1) is 24.9. The van der Waals surface area contributed by atoms with E-state index in [1.165, 1.54) is 57.4 Å². The minimum Gasteiger partial charge on any atom is -0.493 e. The molecule has 2 unspecified atom stereocenters. The quantitative estimate of drug-likeness (QED) is 0.273. The Kier molecular flexibility index (Phi) is 14.1. The summed E-state index contributed by atoms with van der Waals surface area (Å²) in [5.41, 5.74) is 0.727. The lowest BCUT2D eigenvalue weighted by Gasteiger charge is -2.17. The van der Waals surface area contributed by atoms with Crippen LogP contribution in [0.25, 0.3) is 0 Å². The lowest BCUT2D eigenvalue weighted by Crippen LogP contribution is -2.09. The first-order chi connectivity index (χ1) is 13.6. The number of ether oxygens (including phenoxy) is 1. The van der Waals surface area contributed by atoms with Crippen LogP contribution in [0.3, 0.4) is 0 Å². The van der Waals surface area contributed by atoms with Gasteiger partial charge in [-0.15, -0.1) is 0 Å². The van der Waals surface area contributed by atoms with Gasteiger partial charge in [0.15, 0.2) is 0 Å². The maximum absolute atomic E-state index is 14.5. The molecule has 1 rings (SSSR count). The number of rotatable bonds is 17. The van der Waals surface area contributed by atoms with Crippen molar-refractivity contribution in [1.82, 2.24) is 0 Å². The molecule has 1 aromatic rings. The SMILES string of the molecule is CCCCCCCOc1ccc(C(C)CCC(O)CCCCCCC)c(F)c1. The van der Waals surface area contributed by atoms with Crippen LogP contribution in [-0.4, -0.2) is 17.8 Å². The summed E-state index contributed by atoms with van der Waals surface area (Å²) in [5.74, 6) is 0.541. The summed E-state index contributed by atoms with van der Waals surface area (Å²) in [4.78, 5) is 0. The molecule has 0 saturated heterocycles. The van der Waals surface area contributed by atoms with Gasteiger partial charge in [0.05, 0.1) is 12.7 Å². The molecule has 0 aliphatic rings. The molecular formula is C25H43FO2. The summed E-state index contributed by atoms with van der Waals surface area (Å²) in [6, 6.07) is 5.25. The van der Waals surface area contributed by atoms with Crippen molar-refractivity contribution in [2.24, 2.45) is 0 Å². The molecule has 0 aromatic heterocycles. The average Bonchev–Trinajstić information content (AvgIpc) is 2.68. The van der Waals surface area contributed by atoms with E-state index < -0.39 is 0 Å². The molecule has 2 nitrogen and oxygen atoms in total. The molecular weight excluding hydrogens is 351 g/mol. The third kappa shape index (κ3) is 11.0. The maximum atomic E-state index is 14.5. The highest BCUT2D eigenvalue weighted by Gasteiger charge is 2.14. The molecule has 28 heavy (non-hydrogen) atoms. The van der Waals surface area contributed by atoms with Crippen molar-refractivity contribution in [3.05, 3.63) is 29.6 Å². The zero-order chi connectivity index (χ0) is 20.6. The number of aliphatic hydroxyl groups is 1. The number of hydrogen-bond donors (Lipinski definition) is 1. The predicted octanol–water partition coefficient (Wildman–Crippen LogP) is 7.78. The molecule has 0 radical (unpaired) electrons. The molecule has 0 heterocycles. The lowest BCUT2D eigenvalue weighted by atomic mass is 9.93. The molecule has 1 aromatic carbocycles. The van der Waals surface area contributed by atoms with Crippen molar-refractivity contribution in [2.75, 3.05) is 6.61 Å². The number of hydrogen-bond acceptors (Lipinski definition) is 2. The standard InChI is InChI=1S/C25H43FO2/c1-4-6-8-10-12-14-22(27)16-15-21(3)24-18-17-23(20-25(24)26)28-19-13-11-9-7-5-2/h17-18,20-22,27H,4-16,19H2,1-3H3. The van der Waals surface area contributed by atoms with Crippen molar-refractivity contribution in [1.29, 1.82) is 0 Å². The topological polar surface area (TPSA) is 29.5 Å². The number of unbranched alkanes of at least 4 members (excludes halogenated alkanes) is 8. The second-order valence-electron chi connectivity index (χ2n) is 8.28. The van der Waals surface area contributed by atoms with Crippen LogP contribution in [0.15, 0.2) is 18.2 Å². The highest BCUT2D eigenvalue weighted by atomic mass is 19.1. The van der Waals surface area contributed by atoms with Gasteiger partial charge in [0, 0.05) is 6.07 Å². The van der Waals surface area contributed by atoms with Crippen molar-refractivity contribution in [3.8, 4) is 5.75 Å². The van der Waals surface area contributed by atoms with E-state index in [1.807, 2.05) is 19.1 Å². The Bertz CT molecular complexity index is 503. The molecule has 162 valence electrons. The molecule has 0 spiro atoms. The molecule has 0 fully saturated rings. The van der Waals surface area contributed by atoms with E-state index in [9.17, 15) is 9.50 Å². The van der Waals surface area contributed by atoms with E-state index in [0.29, 0.717) is 12.4 Å². The third-order valence-corrected chi connectivity index (χ3v) is 5.59. The van der Waals surface area contributed by atoms with Gasteiger partial charge in [-0.3, -0.25) is 0 Å². The number of halogens is 1. The van der Waals surface area contributed by atoms with Crippen LogP contribution in [0.4, 0.5) is 4.39 Å². The van der Waals surface area contributed by atoms with Gasteiger partial charge in [-0.25, -0.2) is 4.39 Å². The van der Waals surface area contributed by atoms with Crippen LogP contribution in [0, 0.1) is 5.82 Å². The smallest absolute Gasteiger partial charge is 0.130 e. The molecule has 1 N–H and O–H groups in total. The van der Waals surface area contributed by atoms with Crippen LogP contribution >= 0.6 is 0 Å².